The van der Waals surface area contributed by atoms with E-state index in [1.54, 1.807) is 34.6 Å². The van der Waals surface area contributed by atoms with Crippen LogP contribution in [0.4, 0.5) is 4.79 Å². The van der Waals surface area contributed by atoms with Crippen LogP contribution in [-0.2, 0) is 48.2 Å². The van der Waals surface area contributed by atoms with Crippen LogP contribution in [0, 0.1) is 22.0 Å². The maximum absolute atomic E-state index is 13.3. The second kappa shape index (κ2) is 16.6. The Labute approximate surface area is 293 Å². The highest BCUT2D eigenvalue weighted by molar-refractivity contribution is 5.70. The molecule has 0 radical (unpaired) electrons. The fraction of sp³-hybridized carbons (Fsp3) is 0.462. The average molecular weight is 687 g/mol. The third kappa shape index (κ3) is 9.90. The Morgan fingerprint density at radius 1 is 0.860 bits per heavy atom. The Morgan fingerprint density at radius 2 is 1.38 bits per heavy atom. The van der Waals surface area contributed by atoms with Crippen molar-refractivity contribution in [3.63, 3.8) is 0 Å². The van der Waals surface area contributed by atoms with E-state index in [1.165, 1.54) is 4.90 Å². The maximum atomic E-state index is 13.3. The Kier molecular flexibility index (Phi) is 12.3. The van der Waals surface area contributed by atoms with E-state index in [2.05, 4.69) is 11.8 Å². The molecule has 0 bridgehead atoms. The van der Waals surface area contributed by atoms with Crippen LogP contribution in [0.25, 0.3) is 0 Å². The van der Waals surface area contributed by atoms with Crippen molar-refractivity contribution in [2.75, 3.05) is 13.2 Å². The molecular formula is C39H46N2O9. The predicted octanol–water partition coefficient (Wildman–Crippen LogP) is 6.16. The minimum Gasteiger partial charge on any atom is -0.444 e. The van der Waals surface area contributed by atoms with Crippen molar-refractivity contribution in [3.05, 3.63) is 118 Å². The first kappa shape index (κ1) is 37.0. The molecule has 2 saturated heterocycles. The molecule has 0 N–H and O–H groups in total. The van der Waals surface area contributed by atoms with Crippen LogP contribution in [0.3, 0.4) is 0 Å². The summed E-state index contributed by atoms with van der Waals surface area (Å²) in [6, 6.07) is 26.5. The van der Waals surface area contributed by atoms with Crippen molar-refractivity contribution in [2.45, 2.75) is 102 Å². The largest absolute Gasteiger partial charge is 0.444 e. The quantitative estimate of drug-likeness (QED) is 0.133. The van der Waals surface area contributed by atoms with Gasteiger partial charge in [-0.3, -0.25) is 15.0 Å². The molecule has 0 aliphatic carbocycles. The lowest BCUT2D eigenvalue weighted by atomic mass is 9.92. The van der Waals surface area contributed by atoms with E-state index < -0.39 is 58.8 Å². The normalized spacial score (nSPS) is 24.6. The number of hydrogen-bond acceptors (Lipinski definition) is 9. The van der Waals surface area contributed by atoms with Crippen LogP contribution < -0.4 is 0 Å². The summed E-state index contributed by atoms with van der Waals surface area (Å²) in [5.74, 6) is 6.07. The van der Waals surface area contributed by atoms with Gasteiger partial charge in [0, 0.05) is 4.92 Å². The molecule has 2 heterocycles. The van der Waals surface area contributed by atoms with Gasteiger partial charge in [0.15, 0.2) is 12.2 Å². The smallest absolute Gasteiger partial charge is 0.413 e. The van der Waals surface area contributed by atoms with Crippen LogP contribution in [0.5, 0.6) is 0 Å². The van der Waals surface area contributed by atoms with Gasteiger partial charge in [-0.05, 0) is 51.3 Å². The average Bonchev–Trinajstić information content (AvgIpc) is 3.39. The molecule has 50 heavy (non-hydrogen) atoms. The van der Waals surface area contributed by atoms with Crippen molar-refractivity contribution in [1.82, 2.24) is 4.90 Å². The van der Waals surface area contributed by atoms with E-state index in [0.29, 0.717) is 6.61 Å². The molecule has 5 rings (SSSR count). The first-order valence-corrected chi connectivity index (χ1v) is 16.8. The molecule has 0 spiro atoms. The summed E-state index contributed by atoms with van der Waals surface area (Å²) in [5.41, 5.74) is 0.947. The van der Waals surface area contributed by atoms with E-state index >= 15 is 0 Å². The zero-order valence-electron chi connectivity index (χ0n) is 29.2. The fourth-order valence-corrected chi connectivity index (χ4v) is 5.95. The summed E-state index contributed by atoms with van der Waals surface area (Å²) < 4.78 is 37.0. The highest BCUT2D eigenvalue weighted by Gasteiger charge is 2.54. The van der Waals surface area contributed by atoms with Gasteiger partial charge < -0.3 is 28.4 Å². The van der Waals surface area contributed by atoms with E-state index in [4.69, 9.17) is 28.4 Å². The molecular weight excluding hydrogens is 640 g/mol. The molecule has 2 aliphatic heterocycles. The summed E-state index contributed by atoms with van der Waals surface area (Å²) in [4.78, 5) is 27.2. The monoisotopic (exact) mass is 686 g/mol. The molecule has 2 aliphatic rings. The van der Waals surface area contributed by atoms with Crippen LogP contribution >= 0.6 is 0 Å². The van der Waals surface area contributed by atoms with Gasteiger partial charge in [-0.1, -0.05) is 103 Å². The second-order valence-corrected chi connectivity index (χ2v) is 13.8. The number of carbonyl (C=O) groups is 1. The van der Waals surface area contributed by atoms with Crippen LogP contribution in [-0.4, -0.2) is 77.0 Å². The number of ether oxygens (including phenoxy) is 6. The number of hydrogen-bond donors (Lipinski definition) is 0. The number of rotatable bonds is 11. The van der Waals surface area contributed by atoms with Crippen LogP contribution in [0.2, 0.25) is 0 Å². The van der Waals surface area contributed by atoms with Crippen molar-refractivity contribution in [2.24, 2.45) is 0 Å². The van der Waals surface area contributed by atoms with E-state index in [-0.39, 0.29) is 26.4 Å². The number of carbonyl (C=O) groups excluding carboxylic acids is 1. The lowest BCUT2D eigenvalue weighted by Crippen LogP contribution is -2.62. The number of nitro groups is 1. The Hall–Kier alpha value is -4.31. The van der Waals surface area contributed by atoms with Crippen molar-refractivity contribution < 1.29 is 38.1 Å². The minimum absolute atomic E-state index is 0.0613. The molecule has 266 valence electrons. The summed E-state index contributed by atoms with van der Waals surface area (Å²) in [7, 11) is 0. The SMILES string of the molecule is CC(C)(C)OC(=O)N1[C@@H](C#C[C@@H]2O[C@H](COCc3ccccc3)[C@@H](OCc3ccccc3)[C@H](OCc3ccccc3)[C@H]2[N+](=O)[O-])COC1(C)C. The lowest BCUT2D eigenvalue weighted by molar-refractivity contribution is -0.557. The highest BCUT2D eigenvalue weighted by atomic mass is 16.7. The summed E-state index contributed by atoms with van der Waals surface area (Å²) >= 11 is 0. The number of amides is 1. The van der Waals surface area contributed by atoms with Gasteiger partial charge in [0.1, 0.15) is 29.6 Å². The standard InChI is InChI=1S/C39H46N2O9/c1-38(2,3)50-37(42)40-31(26-48-39(40,4)5)21-22-32-34(41(43)44)36(47-25-30-19-13-8-14-20-30)35(46-24-29-17-11-7-12-18-29)33(49-32)27-45-23-28-15-9-6-10-16-28/h6-20,31-36H,23-27H2,1-5H3/t31-,32-,33+,34-,35+,36+/m0/s1. The third-order valence-corrected chi connectivity index (χ3v) is 8.33. The predicted molar refractivity (Wildman–Crippen MR) is 185 cm³/mol. The molecule has 0 saturated carbocycles. The molecule has 1 amide bonds. The number of nitrogens with zero attached hydrogens (tertiary/aromatic N) is 2. The summed E-state index contributed by atoms with van der Waals surface area (Å²) in [6.45, 7) is 9.56. The van der Waals surface area contributed by atoms with Crippen molar-refractivity contribution in [3.8, 4) is 11.8 Å². The molecule has 0 aromatic heterocycles. The summed E-state index contributed by atoms with van der Waals surface area (Å²) in [5, 5.41) is 12.9. The molecule has 6 atom stereocenters. The number of benzene rings is 3. The zero-order valence-corrected chi connectivity index (χ0v) is 29.2. The van der Waals surface area contributed by atoms with Crippen molar-refractivity contribution in [1.29, 1.82) is 0 Å². The van der Waals surface area contributed by atoms with Crippen LogP contribution in [0.1, 0.15) is 51.3 Å². The van der Waals surface area contributed by atoms with Gasteiger partial charge in [0.05, 0.1) is 33.0 Å². The first-order valence-electron chi connectivity index (χ1n) is 16.8. The first-order chi connectivity index (χ1) is 23.9. The Bertz CT molecular complexity index is 1600. The molecule has 3 aromatic rings. The zero-order chi connectivity index (χ0) is 35.7. The fourth-order valence-electron chi connectivity index (χ4n) is 5.95. The van der Waals surface area contributed by atoms with E-state index in [9.17, 15) is 14.9 Å². The molecule has 0 unspecified atom stereocenters. The van der Waals surface area contributed by atoms with Crippen molar-refractivity contribution >= 4 is 6.09 Å². The molecule has 2 fully saturated rings. The summed E-state index contributed by atoms with van der Waals surface area (Å²) in [6.07, 6.45) is -4.55. The minimum atomic E-state index is -1.43. The van der Waals surface area contributed by atoms with Gasteiger partial charge in [-0.15, -0.1) is 0 Å². The van der Waals surface area contributed by atoms with E-state index in [1.807, 2.05) is 91.0 Å². The lowest BCUT2D eigenvalue weighted by Gasteiger charge is -2.41. The Balaban J connectivity index is 1.47. The molecule has 11 nitrogen and oxygen atoms in total. The molecule has 3 aromatic carbocycles. The topological polar surface area (TPSA) is 119 Å². The Morgan fingerprint density at radius 3 is 1.90 bits per heavy atom. The van der Waals surface area contributed by atoms with Gasteiger partial charge in [-0.25, -0.2) is 4.79 Å². The maximum Gasteiger partial charge on any atom is 0.413 e. The van der Waals surface area contributed by atoms with Gasteiger partial charge in [-0.2, -0.15) is 0 Å². The third-order valence-electron chi connectivity index (χ3n) is 8.33. The van der Waals surface area contributed by atoms with Gasteiger partial charge >= 0.3 is 6.09 Å². The second-order valence-electron chi connectivity index (χ2n) is 13.8. The van der Waals surface area contributed by atoms with Crippen LogP contribution in [0.15, 0.2) is 91.0 Å². The van der Waals surface area contributed by atoms with Gasteiger partial charge in [0.25, 0.3) is 6.04 Å². The molecule has 11 heteroatoms. The van der Waals surface area contributed by atoms with Gasteiger partial charge in [0.2, 0.25) is 0 Å². The highest BCUT2D eigenvalue weighted by Crippen LogP contribution is 2.32. The van der Waals surface area contributed by atoms with E-state index in [0.717, 1.165) is 16.7 Å².